The molecule has 1 amide bonds. The Morgan fingerprint density at radius 1 is 1.28 bits per heavy atom. The second-order valence-corrected chi connectivity index (χ2v) is 5.80. The number of fused-ring (bicyclic) bond motifs is 3. The third-order valence-electron chi connectivity index (χ3n) is 4.21. The lowest BCUT2D eigenvalue weighted by atomic mass is 9.82. The minimum atomic E-state index is 0.0998. The largest absolute Gasteiger partial charge is 0.347 e. The summed E-state index contributed by atoms with van der Waals surface area (Å²) < 4.78 is 0. The van der Waals surface area contributed by atoms with Crippen molar-refractivity contribution in [2.45, 2.75) is 38.6 Å². The van der Waals surface area contributed by atoms with Crippen molar-refractivity contribution < 1.29 is 4.79 Å². The van der Waals surface area contributed by atoms with E-state index in [9.17, 15) is 4.79 Å². The van der Waals surface area contributed by atoms with E-state index < -0.39 is 0 Å². The molecular weight excluding hydrogens is 224 g/mol. The summed E-state index contributed by atoms with van der Waals surface area (Å²) in [7, 11) is 0. The summed E-state index contributed by atoms with van der Waals surface area (Å²) >= 11 is 0. The lowest BCUT2D eigenvalue weighted by Gasteiger charge is -2.30. The highest BCUT2D eigenvalue weighted by molar-refractivity contribution is 5.99. The highest BCUT2D eigenvalue weighted by atomic mass is 16.1. The van der Waals surface area contributed by atoms with Gasteiger partial charge in [0.15, 0.2) is 0 Å². The fraction of sp³-hybridized carbons (Fsp3) is 0.533. The van der Waals surface area contributed by atoms with Gasteiger partial charge >= 0.3 is 0 Å². The molecule has 0 saturated carbocycles. The van der Waals surface area contributed by atoms with E-state index in [1.165, 1.54) is 11.1 Å². The summed E-state index contributed by atoms with van der Waals surface area (Å²) in [6.07, 6.45) is 0. The third kappa shape index (κ3) is 1.65. The molecule has 3 heteroatoms. The van der Waals surface area contributed by atoms with Gasteiger partial charge in [-0.1, -0.05) is 26.0 Å². The third-order valence-corrected chi connectivity index (χ3v) is 4.21. The number of hydrogen-bond acceptors (Lipinski definition) is 2. The van der Waals surface area contributed by atoms with Crippen LogP contribution in [-0.4, -0.2) is 25.0 Å². The van der Waals surface area contributed by atoms with Crippen LogP contribution in [-0.2, 0) is 0 Å². The number of rotatable bonds is 1. The minimum absolute atomic E-state index is 0.0998. The molecule has 0 spiro atoms. The van der Waals surface area contributed by atoms with Gasteiger partial charge in [-0.25, -0.2) is 0 Å². The Hall–Kier alpha value is -1.35. The number of hydrogen-bond donors (Lipinski definition) is 2. The van der Waals surface area contributed by atoms with Crippen LogP contribution < -0.4 is 10.6 Å². The Balaban J connectivity index is 2.17. The van der Waals surface area contributed by atoms with Crippen molar-refractivity contribution in [1.82, 2.24) is 10.6 Å². The minimum Gasteiger partial charge on any atom is -0.347 e. The molecule has 1 aromatic carbocycles. The summed E-state index contributed by atoms with van der Waals surface area (Å²) in [5.41, 5.74) is 4.60. The molecular formula is C15H20N2O. The monoisotopic (exact) mass is 244 g/mol. The second kappa shape index (κ2) is 4.09. The predicted octanol–water partition coefficient (Wildman–Crippen LogP) is 1.92. The van der Waals surface area contributed by atoms with Gasteiger partial charge < -0.3 is 10.6 Å². The van der Waals surface area contributed by atoms with E-state index in [0.29, 0.717) is 11.8 Å². The molecule has 0 aliphatic carbocycles. The molecule has 2 aliphatic heterocycles. The Morgan fingerprint density at radius 2 is 2.06 bits per heavy atom. The van der Waals surface area contributed by atoms with Crippen LogP contribution in [0.25, 0.3) is 0 Å². The maximum Gasteiger partial charge on any atom is 0.252 e. The van der Waals surface area contributed by atoms with E-state index in [2.05, 4.69) is 36.6 Å². The molecule has 0 unspecified atom stereocenters. The van der Waals surface area contributed by atoms with Crippen molar-refractivity contribution in [2.75, 3.05) is 13.1 Å². The van der Waals surface area contributed by atoms with Crippen molar-refractivity contribution in [3.8, 4) is 0 Å². The van der Waals surface area contributed by atoms with Gasteiger partial charge in [0, 0.05) is 30.6 Å². The molecule has 3 rings (SSSR count). The van der Waals surface area contributed by atoms with Gasteiger partial charge in [0.25, 0.3) is 5.91 Å². The van der Waals surface area contributed by atoms with E-state index in [-0.39, 0.29) is 11.9 Å². The van der Waals surface area contributed by atoms with Crippen LogP contribution in [0.4, 0.5) is 0 Å². The summed E-state index contributed by atoms with van der Waals surface area (Å²) in [6.45, 7) is 8.32. The maximum absolute atomic E-state index is 12.2. The molecule has 1 saturated heterocycles. The first-order valence-electron chi connectivity index (χ1n) is 6.74. The van der Waals surface area contributed by atoms with E-state index in [4.69, 9.17) is 0 Å². The number of benzene rings is 1. The predicted molar refractivity (Wildman–Crippen MR) is 72.1 cm³/mol. The van der Waals surface area contributed by atoms with Gasteiger partial charge in [-0.15, -0.1) is 0 Å². The number of carbonyl (C=O) groups is 1. The van der Waals surface area contributed by atoms with Crippen molar-refractivity contribution in [1.29, 1.82) is 0 Å². The first kappa shape index (κ1) is 11.7. The molecule has 3 nitrogen and oxygen atoms in total. The zero-order valence-corrected chi connectivity index (χ0v) is 11.2. The zero-order chi connectivity index (χ0) is 12.9. The van der Waals surface area contributed by atoms with Crippen LogP contribution in [0.15, 0.2) is 12.1 Å². The first-order chi connectivity index (χ1) is 8.58. The molecule has 96 valence electrons. The van der Waals surface area contributed by atoms with Crippen molar-refractivity contribution in [3.63, 3.8) is 0 Å². The van der Waals surface area contributed by atoms with E-state index in [1.54, 1.807) is 0 Å². The fourth-order valence-corrected chi connectivity index (χ4v) is 3.18. The molecule has 0 aromatic heterocycles. The normalized spacial score (nSPS) is 25.9. The van der Waals surface area contributed by atoms with Gasteiger partial charge in [-0.05, 0) is 29.5 Å². The summed E-state index contributed by atoms with van der Waals surface area (Å²) in [6, 6.07) is 4.68. The van der Waals surface area contributed by atoms with Crippen LogP contribution in [0.3, 0.4) is 0 Å². The molecule has 1 fully saturated rings. The van der Waals surface area contributed by atoms with Crippen LogP contribution in [0.2, 0.25) is 0 Å². The van der Waals surface area contributed by atoms with Gasteiger partial charge in [0.1, 0.15) is 0 Å². The van der Waals surface area contributed by atoms with Crippen molar-refractivity contribution in [2.24, 2.45) is 0 Å². The smallest absolute Gasteiger partial charge is 0.252 e. The van der Waals surface area contributed by atoms with Crippen molar-refractivity contribution >= 4 is 5.91 Å². The Kier molecular flexibility index (Phi) is 2.67. The Bertz CT molecular complexity index is 507. The molecule has 0 bridgehead atoms. The lowest BCUT2D eigenvalue weighted by molar-refractivity contribution is 0.0923. The average molecular weight is 244 g/mol. The molecule has 1 aromatic rings. The Morgan fingerprint density at radius 3 is 2.78 bits per heavy atom. The molecule has 0 radical (unpaired) electrons. The van der Waals surface area contributed by atoms with Crippen LogP contribution >= 0.6 is 0 Å². The van der Waals surface area contributed by atoms with E-state index in [1.807, 2.05) is 6.92 Å². The highest BCUT2D eigenvalue weighted by Gasteiger charge is 2.37. The number of carbonyl (C=O) groups excluding carboxylic acids is 1. The summed E-state index contributed by atoms with van der Waals surface area (Å²) in [4.78, 5) is 12.2. The van der Waals surface area contributed by atoms with Gasteiger partial charge in [-0.2, -0.15) is 0 Å². The molecule has 2 N–H and O–H groups in total. The lowest BCUT2D eigenvalue weighted by Crippen LogP contribution is -2.44. The van der Waals surface area contributed by atoms with E-state index >= 15 is 0 Å². The topological polar surface area (TPSA) is 41.1 Å². The van der Waals surface area contributed by atoms with Gasteiger partial charge in [0.05, 0.1) is 0 Å². The molecule has 18 heavy (non-hydrogen) atoms. The van der Waals surface area contributed by atoms with Gasteiger partial charge in [0.2, 0.25) is 0 Å². The molecule has 2 heterocycles. The summed E-state index contributed by atoms with van der Waals surface area (Å²) in [5.74, 6) is 1.05. The van der Waals surface area contributed by atoms with Crippen molar-refractivity contribution in [3.05, 3.63) is 34.4 Å². The standard InChI is InChI=1S/C15H20N2O/c1-8(2)10-4-9(3)14-11(5-10)12-6-16-7-13(12)17-15(14)18/h4-5,8,12-13,16H,6-7H2,1-3H3,(H,17,18)/t12-,13+/m0/s1. The fourth-order valence-electron chi connectivity index (χ4n) is 3.18. The van der Waals surface area contributed by atoms with E-state index in [0.717, 1.165) is 24.2 Å². The average Bonchev–Trinajstić information content (AvgIpc) is 2.76. The van der Waals surface area contributed by atoms with Crippen LogP contribution in [0, 0.1) is 6.92 Å². The Labute approximate surface area is 108 Å². The molecule has 2 aliphatic rings. The maximum atomic E-state index is 12.2. The quantitative estimate of drug-likeness (QED) is 0.792. The SMILES string of the molecule is Cc1cc(C(C)C)cc2c1C(=O)N[C@@H]1CNC[C@@H]21. The van der Waals surface area contributed by atoms with Crippen LogP contribution in [0.1, 0.15) is 52.7 Å². The number of amides is 1. The second-order valence-electron chi connectivity index (χ2n) is 5.80. The van der Waals surface area contributed by atoms with Crippen LogP contribution in [0.5, 0.6) is 0 Å². The first-order valence-corrected chi connectivity index (χ1v) is 6.74. The van der Waals surface area contributed by atoms with Gasteiger partial charge in [-0.3, -0.25) is 4.79 Å². The highest BCUT2D eigenvalue weighted by Crippen LogP contribution is 2.34. The number of aryl methyl sites for hydroxylation is 1. The molecule has 2 atom stereocenters. The summed E-state index contributed by atoms with van der Waals surface area (Å²) in [5, 5.41) is 6.50. The zero-order valence-electron chi connectivity index (χ0n) is 11.2. The number of nitrogens with one attached hydrogen (secondary N) is 2.